The van der Waals surface area contributed by atoms with Crippen LogP contribution in [-0.4, -0.2) is 53.4 Å². The van der Waals surface area contributed by atoms with E-state index in [0.717, 1.165) is 25.3 Å². The monoisotopic (exact) mass is 273 g/mol. The van der Waals surface area contributed by atoms with E-state index in [4.69, 9.17) is 4.74 Å². The highest BCUT2D eigenvalue weighted by Gasteiger charge is 2.24. The van der Waals surface area contributed by atoms with Gasteiger partial charge in [0.25, 0.3) is 0 Å². The number of carbonyl (C=O) groups excluding carboxylic acids is 2. The van der Waals surface area contributed by atoms with E-state index in [0.29, 0.717) is 17.9 Å². The third-order valence-electron chi connectivity index (χ3n) is 2.98. The quantitative estimate of drug-likeness (QED) is 0.564. The molecule has 0 saturated carbocycles. The molecule has 1 aliphatic rings. The van der Waals surface area contributed by atoms with Crippen LogP contribution in [0.5, 0.6) is 0 Å². The molecule has 0 aromatic rings. The summed E-state index contributed by atoms with van der Waals surface area (Å²) in [5.41, 5.74) is 0. The number of ether oxygens (including phenoxy) is 1. The molecule has 1 rings (SSSR count). The maximum absolute atomic E-state index is 11.7. The molecule has 0 unspecified atom stereocenters. The lowest BCUT2D eigenvalue weighted by Crippen LogP contribution is -2.33. The Kier molecular flexibility index (Phi) is 6.15. The molecule has 4 nitrogen and oxygen atoms in total. The molecule has 18 heavy (non-hydrogen) atoms. The van der Waals surface area contributed by atoms with Crippen molar-refractivity contribution in [2.45, 2.75) is 38.4 Å². The normalized spacial score (nSPS) is 20.2. The zero-order chi connectivity index (χ0) is 13.6. The third kappa shape index (κ3) is 5.87. The van der Waals surface area contributed by atoms with Crippen molar-refractivity contribution < 1.29 is 14.3 Å². The lowest BCUT2D eigenvalue weighted by molar-refractivity contribution is -0.145. The number of carbonyl (C=O) groups is 2. The zero-order valence-corrected chi connectivity index (χ0v) is 12.3. The van der Waals surface area contributed by atoms with Gasteiger partial charge in [-0.2, -0.15) is 11.8 Å². The minimum atomic E-state index is -0.410. The van der Waals surface area contributed by atoms with Crippen LogP contribution in [0.4, 0.5) is 0 Å². The largest absolute Gasteiger partial charge is 0.466 e. The van der Waals surface area contributed by atoms with E-state index in [1.54, 1.807) is 6.92 Å². The summed E-state index contributed by atoms with van der Waals surface area (Å²) < 4.78 is 5.07. The van der Waals surface area contributed by atoms with Gasteiger partial charge in [-0.25, -0.2) is 0 Å². The maximum atomic E-state index is 11.7. The van der Waals surface area contributed by atoms with Crippen LogP contribution in [0.1, 0.15) is 33.6 Å². The summed E-state index contributed by atoms with van der Waals surface area (Å²) in [4.78, 5) is 25.1. The molecule has 0 N–H and O–H groups in total. The summed E-state index contributed by atoms with van der Waals surface area (Å²) in [6.45, 7) is 8.77. The Hall–Kier alpha value is -0.550. The van der Waals surface area contributed by atoms with Gasteiger partial charge in [0, 0.05) is 17.0 Å². The van der Waals surface area contributed by atoms with Gasteiger partial charge >= 0.3 is 5.97 Å². The number of Topliss-reactive ketones (excluding diaryl/α,β-unsaturated/α-hetero) is 1. The summed E-state index contributed by atoms with van der Waals surface area (Å²) in [5, 5.41) is 0. The van der Waals surface area contributed by atoms with Gasteiger partial charge in [0.2, 0.25) is 0 Å². The van der Waals surface area contributed by atoms with Crippen molar-refractivity contribution in [2.75, 3.05) is 32.0 Å². The minimum absolute atomic E-state index is 0.0434. The number of thioether (sulfide) groups is 1. The third-order valence-corrected chi connectivity index (χ3v) is 4.35. The fourth-order valence-corrected chi connectivity index (χ4v) is 3.04. The van der Waals surface area contributed by atoms with Crippen molar-refractivity contribution in [1.82, 2.24) is 4.90 Å². The van der Waals surface area contributed by atoms with Gasteiger partial charge in [0.15, 0.2) is 5.78 Å². The van der Waals surface area contributed by atoms with E-state index < -0.39 is 5.97 Å². The minimum Gasteiger partial charge on any atom is -0.466 e. The average molecular weight is 273 g/mol. The van der Waals surface area contributed by atoms with Crippen molar-refractivity contribution in [2.24, 2.45) is 0 Å². The summed E-state index contributed by atoms with van der Waals surface area (Å²) >= 11 is 1.95. The standard InChI is InChI=1S/C13H23NO3S/c1-4-17-12(16)9-11(15)10-14-6-5-13(2,3)18-8-7-14/h4-10H2,1-3H3. The first-order chi connectivity index (χ1) is 8.43. The zero-order valence-electron chi connectivity index (χ0n) is 11.5. The topological polar surface area (TPSA) is 46.6 Å². The van der Waals surface area contributed by atoms with Crippen molar-refractivity contribution in [3.05, 3.63) is 0 Å². The highest BCUT2D eigenvalue weighted by Crippen LogP contribution is 2.30. The lowest BCUT2D eigenvalue weighted by Gasteiger charge is -2.22. The molecule has 1 saturated heterocycles. The number of hydrogen-bond donors (Lipinski definition) is 0. The Morgan fingerprint density at radius 3 is 2.72 bits per heavy atom. The first kappa shape index (κ1) is 15.5. The Morgan fingerprint density at radius 2 is 2.06 bits per heavy atom. The smallest absolute Gasteiger partial charge is 0.313 e. The molecular formula is C13H23NO3S. The molecule has 104 valence electrons. The Morgan fingerprint density at radius 1 is 1.33 bits per heavy atom. The molecule has 1 aliphatic heterocycles. The predicted molar refractivity (Wildman–Crippen MR) is 73.9 cm³/mol. The van der Waals surface area contributed by atoms with Crippen molar-refractivity contribution in [3.63, 3.8) is 0 Å². The second-order valence-corrected chi connectivity index (χ2v) is 6.96. The summed E-state index contributed by atoms with van der Waals surface area (Å²) in [6.07, 6.45) is 0.977. The highest BCUT2D eigenvalue weighted by atomic mass is 32.2. The van der Waals surface area contributed by atoms with Gasteiger partial charge in [-0.05, 0) is 19.9 Å². The second-order valence-electron chi connectivity index (χ2n) is 5.15. The highest BCUT2D eigenvalue weighted by molar-refractivity contribution is 8.00. The number of ketones is 1. The van der Waals surface area contributed by atoms with Crippen molar-refractivity contribution in [3.8, 4) is 0 Å². The molecule has 0 aromatic carbocycles. The van der Waals surface area contributed by atoms with Crippen LogP contribution in [0.25, 0.3) is 0 Å². The van der Waals surface area contributed by atoms with Crippen LogP contribution in [0.15, 0.2) is 0 Å². The molecule has 0 radical (unpaired) electrons. The van der Waals surface area contributed by atoms with Crippen molar-refractivity contribution >= 4 is 23.5 Å². The fraction of sp³-hybridized carbons (Fsp3) is 0.846. The second kappa shape index (κ2) is 7.14. The first-order valence-electron chi connectivity index (χ1n) is 6.46. The molecule has 0 amide bonds. The fourth-order valence-electron chi connectivity index (χ4n) is 1.90. The molecule has 5 heteroatoms. The summed E-state index contributed by atoms with van der Waals surface area (Å²) in [5.74, 6) is 0.588. The molecule has 0 aliphatic carbocycles. The van der Waals surface area contributed by atoms with Crippen LogP contribution in [0, 0.1) is 0 Å². The van der Waals surface area contributed by atoms with Gasteiger partial charge in [-0.3, -0.25) is 14.5 Å². The van der Waals surface area contributed by atoms with Crippen molar-refractivity contribution in [1.29, 1.82) is 0 Å². The molecule has 1 heterocycles. The molecule has 0 aromatic heterocycles. The number of rotatable bonds is 5. The first-order valence-corrected chi connectivity index (χ1v) is 7.45. The SMILES string of the molecule is CCOC(=O)CC(=O)CN1CCSC(C)(C)CC1. The molecule has 0 atom stereocenters. The number of hydrogen-bond acceptors (Lipinski definition) is 5. The number of nitrogens with zero attached hydrogens (tertiary/aromatic N) is 1. The van der Waals surface area contributed by atoms with E-state index in [2.05, 4.69) is 18.7 Å². The Balaban J connectivity index is 2.33. The molecular weight excluding hydrogens is 250 g/mol. The van der Waals surface area contributed by atoms with Crippen LogP contribution >= 0.6 is 11.8 Å². The molecule has 0 spiro atoms. The molecule has 0 bridgehead atoms. The maximum Gasteiger partial charge on any atom is 0.313 e. The van der Waals surface area contributed by atoms with Gasteiger partial charge in [0.1, 0.15) is 6.42 Å². The van der Waals surface area contributed by atoms with E-state index in [9.17, 15) is 9.59 Å². The predicted octanol–water partition coefficient (Wildman–Crippen LogP) is 1.73. The Bertz CT molecular complexity index is 305. The number of esters is 1. The van der Waals surface area contributed by atoms with E-state index >= 15 is 0 Å². The summed E-state index contributed by atoms with van der Waals surface area (Å²) in [7, 11) is 0. The van der Waals surface area contributed by atoms with Crippen LogP contribution in [0.3, 0.4) is 0 Å². The Labute approximate surface area is 113 Å². The van der Waals surface area contributed by atoms with E-state index in [-0.39, 0.29) is 12.2 Å². The van der Waals surface area contributed by atoms with Gasteiger partial charge in [-0.15, -0.1) is 0 Å². The van der Waals surface area contributed by atoms with Crippen LogP contribution in [-0.2, 0) is 14.3 Å². The average Bonchev–Trinajstić information content (AvgIpc) is 2.40. The van der Waals surface area contributed by atoms with Crippen LogP contribution in [0.2, 0.25) is 0 Å². The van der Waals surface area contributed by atoms with Gasteiger partial charge in [-0.1, -0.05) is 13.8 Å². The van der Waals surface area contributed by atoms with E-state index in [1.165, 1.54) is 0 Å². The van der Waals surface area contributed by atoms with Gasteiger partial charge < -0.3 is 4.74 Å². The molecule has 1 fully saturated rings. The van der Waals surface area contributed by atoms with Crippen LogP contribution < -0.4 is 0 Å². The lowest BCUT2D eigenvalue weighted by atomic mass is 10.1. The summed E-state index contributed by atoms with van der Waals surface area (Å²) in [6, 6.07) is 0. The van der Waals surface area contributed by atoms with Gasteiger partial charge in [0.05, 0.1) is 13.2 Å². The van der Waals surface area contributed by atoms with E-state index in [1.807, 2.05) is 11.8 Å².